The maximum absolute atomic E-state index is 3.57. The van der Waals surface area contributed by atoms with Crippen LogP contribution in [0, 0.1) is 0 Å². The van der Waals surface area contributed by atoms with Crippen molar-refractivity contribution in [2.45, 2.75) is 0 Å². The quantitative estimate of drug-likeness (QED) is 0.296. The third-order valence-electron chi connectivity index (χ3n) is 5.86. The van der Waals surface area contributed by atoms with E-state index >= 15 is 0 Å². The van der Waals surface area contributed by atoms with Crippen molar-refractivity contribution in [3.8, 4) is 22.3 Å². The van der Waals surface area contributed by atoms with Gasteiger partial charge in [-0.05, 0) is 46.5 Å². The molecule has 152 valence electrons. The summed E-state index contributed by atoms with van der Waals surface area (Å²) >= 11 is 1.87. The van der Waals surface area contributed by atoms with Gasteiger partial charge in [0.2, 0.25) is 0 Å². The van der Waals surface area contributed by atoms with Crippen molar-refractivity contribution in [1.29, 1.82) is 0 Å². The molecule has 1 N–H and O–H groups in total. The molecular formula is C30H21NS. The number of anilines is 2. The molecule has 0 unspecified atom stereocenters. The highest BCUT2D eigenvalue weighted by molar-refractivity contribution is 7.26. The van der Waals surface area contributed by atoms with Crippen LogP contribution in [-0.4, -0.2) is 0 Å². The fourth-order valence-electron chi connectivity index (χ4n) is 4.26. The van der Waals surface area contributed by atoms with Crippen molar-refractivity contribution in [2.75, 3.05) is 5.32 Å². The zero-order chi connectivity index (χ0) is 21.3. The number of rotatable bonds is 4. The van der Waals surface area contributed by atoms with Crippen LogP contribution in [0.1, 0.15) is 0 Å². The molecule has 1 heterocycles. The van der Waals surface area contributed by atoms with E-state index in [9.17, 15) is 0 Å². The second kappa shape index (κ2) is 7.99. The summed E-state index contributed by atoms with van der Waals surface area (Å²) in [5.41, 5.74) is 7.23. The Kier molecular flexibility index (Phi) is 4.71. The van der Waals surface area contributed by atoms with Crippen LogP contribution in [0.25, 0.3) is 42.4 Å². The largest absolute Gasteiger partial charge is 0.355 e. The molecule has 1 nitrogen and oxygen atoms in total. The number of benzene rings is 5. The lowest BCUT2D eigenvalue weighted by molar-refractivity contribution is 1.56. The van der Waals surface area contributed by atoms with E-state index in [1.54, 1.807) is 0 Å². The average Bonchev–Trinajstić information content (AvgIpc) is 3.23. The van der Waals surface area contributed by atoms with Crippen molar-refractivity contribution < 1.29 is 0 Å². The van der Waals surface area contributed by atoms with Gasteiger partial charge in [-0.2, -0.15) is 0 Å². The van der Waals surface area contributed by atoms with Crippen molar-refractivity contribution >= 4 is 42.9 Å². The molecule has 1 aromatic heterocycles. The minimum atomic E-state index is 1.09. The summed E-state index contributed by atoms with van der Waals surface area (Å²) in [7, 11) is 0. The van der Waals surface area contributed by atoms with Crippen LogP contribution < -0.4 is 5.32 Å². The first kappa shape index (κ1) is 18.9. The summed E-state index contributed by atoms with van der Waals surface area (Å²) < 4.78 is 2.65. The van der Waals surface area contributed by atoms with E-state index in [-0.39, 0.29) is 0 Å². The summed E-state index contributed by atoms with van der Waals surface area (Å²) in [5, 5.41) is 6.21. The van der Waals surface area contributed by atoms with Gasteiger partial charge in [0.1, 0.15) is 0 Å². The van der Waals surface area contributed by atoms with Gasteiger partial charge in [0, 0.05) is 31.5 Å². The second-order valence-corrected chi connectivity index (χ2v) is 8.98. The summed E-state index contributed by atoms with van der Waals surface area (Å²) in [6.07, 6.45) is 0. The number of thiophene rings is 1. The number of fused-ring (bicyclic) bond motifs is 3. The lowest BCUT2D eigenvalue weighted by atomic mass is 10.0. The predicted octanol–water partition coefficient (Wildman–Crippen LogP) is 9.13. The van der Waals surface area contributed by atoms with Gasteiger partial charge in [0.25, 0.3) is 0 Å². The first-order chi connectivity index (χ1) is 15.8. The molecule has 0 aliphatic rings. The smallest absolute Gasteiger partial charge is 0.0433 e. The molecule has 0 radical (unpaired) electrons. The molecule has 32 heavy (non-hydrogen) atoms. The third-order valence-corrected chi connectivity index (χ3v) is 7.07. The Morgan fingerprint density at radius 1 is 0.469 bits per heavy atom. The zero-order valence-corrected chi connectivity index (χ0v) is 18.3. The van der Waals surface area contributed by atoms with E-state index in [1.165, 1.54) is 42.4 Å². The fourth-order valence-corrected chi connectivity index (χ4v) is 5.54. The molecular weight excluding hydrogens is 406 g/mol. The molecule has 0 bridgehead atoms. The Morgan fingerprint density at radius 3 is 1.88 bits per heavy atom. The van der Waals surface area contributed by atoms with Gasteiger partial charge in [-0.15, -0.1) is 11.3 Å². The molecule has 0 aliphatic carbocycles. The van der Waals surface area contributed by atoms with Crippen LogP contribution in [0.5, 0.6) is 0 Å². The van der Waals surface area contributed by atoms with Crippen LogP contribution >= 0.6 is 11.3 Å². The summed E-state index contributed by atoms with van der Waals surface area (Å²) in [5.74, 6) is 0. The van der Waals surface area contributed by atoms with Crippen molar-refractivity contribution in [2.24, 2.45) is 0 Å². The summed E-state index contributed by atoms with van der Waals surface area (Å²) in [6.45, 7) is 0. The van der Waals surface area contributed by atoms with Gasteiger partial charge in [-0.3, -0.25) is 0 Å². The zero-order valence-electron chi connectivity index (χ0n) is 17.5. The highest BCUT2D eigenvalue weighted by Gasteiger charge is 2.10. The van der Waals surface area contributed by atoms with E-state index < -0.39 is 0 Å². The van der Waals surface area contributed by atoms with Crippen LogP contribution in [-0.2, 0) is 0 Å². The van der Waals surface area contributed by atoms with E-state index in [4.69, 9.17) is 0 Å². The molecule has 0 saturated heterocycles. The van der Waals surface area contributed by atoms with Crippen LogP contribution in [0.15, 0.2) is 121 Å². The van der Waals surface area contributed by atoms with Crippen LogP contribution in [0.4, 0.5) is 11.4 Å². The molecule has 0 atom stereocenters. The fraction of sp³-hybridized carbons (Fsp3) is 0. The van der Waals surface area contributed by atoms with E-state index in [0.717, 1.165) is 11.4 Å². The minimum absolute atomic E-state index is 1.09. The Balaban J connectivity index is 1.34. The van der Waals surface area contributed by atoms with Crippen LogP contribution in [0.2, 0.25) is 0 Å². The van der Waals surface area contributed by atoms with Crippen molar-refractivity contribution in [1.82, 2.24) is 0 Å². The predicted molar refractivity (Wildman–Crippen MR) is 140 cm³/mol. The normalized spacial score (nSPS) is 11.1. The molecule has 0 saturated carbocycles. The maximum Gasteiger partial charge on any atom is 0.0433 e. The monoisotopic (exact) mass is 427 g/mol. The van der Waals surface area contributed by atoms with Crippen molar-refractivity contribution in [3.63, 3.8) is 0 Å². The Hall–Kier alpha value is -3.88. The maximum atomic E-state index is 3.57. The standard InChI is InChI=1S/C30H21NS/c1-3-8-21(9-4-1)22-14-16-24(17-15-22)31-25-18-19-27-28-13-7-12-26(23-10-5-2-6-11-23)30(28)32-29(27)20-25/h1-20,31H. The van der Waals surface area contributed by atoms with Gasteiger partial charge in [-0.25, -0.2) is 0 Å². The molecule has 0 fully saturated rings. The second-order valence-electron chi connectivity index (χ2n) is 7.93. The first-order valence-corrected chi connectivity index (χ1v) is 11.6. The molecule has 2 heteroatoms. The molecule has 6 aromatic rings. The number of hydrogen-bond acceptors (Lipinski definition) is 2. The lowest BCUT2D eigenvalue weighted by Gasteiger charge is -2.08. The number of hydrogen-bond donors (Lipinski definition) is 1. The Bertz CT molecular complexity index is 1510. The molecule has 5 aromatic carbocycles. The molecule has 0 aliphatic heterocycles. The first-order valence-electron chi connectivity index (χ1n) is 10.8. The average molecular weight is 428 g/mol. The summed E-state index contributed by atoms with van der Waals surface area (Å²) in [4.78, 5) is 0. The molecule has 6 rings (SSSR count). The SMILES string of the molecule is c1ccc(-c2ccc(Nc3ccc4c(c3)sc3c(-c5ccccc5)cccc34)cc2)cc1. The van der Waals surface area contributed by atoms with Gasteiger partial charge in [0.15, 0.2) is 0 Å². The van der Waals surface area contributed by atoms with E-state index in [2.05, 4.69) is 121 Å². The van der Waals surface area contributed by atoms with Gasteiger partial charge in [0.05, 0.1) is 0 Å². The molecule has 0 amide bonds. The highest BCUT2D eigenvalue weighted by atomic mass is 32.1. The number of nitrogens with one attached hydrogen (secondary N) is 1. The van der Waals surface area contributed by atoms with Gasteiger partial charge < -0.3 is 5.32 Å². The lowest BCUT2D eigenvalue weighted by Crippen LogP contribution is -1.89. The van der Waals surface area contributed by atoms with Gasteiger partial charge >= 0.3 is 0 Å². The van der Waals surface area contributed by atoms with E-state index in [0.29, 0.717) is 0 Å². The van der Waals surface area contributed by atoms with E-state index in [1.807, 2.05) is 17.4 Å². The summed E-state index contributed by atoms with van der Waals surface area (Å²) in [6, 6.07) is 43.0. The molecule has 0 spiro atoms. The topological polar surface area (TPSA) is 12.0 Å². The minimum Gasteiger partial charge on any atom is -0.355 e. The highest BCUT2D eigenvalue weighted by Crippen LogP contribution is 2.41. The van der Waals surface area contributed by atoms with Gasteiger partial charge in [-0.1, -0.05) is 97.1 Å². The van der Waals surface area contributed by atoms with Crippen LogP contribution in [0.3, 0.4) is 0 Å². The van der Waals surface area contributed by atoms with Crippen molar-refractivity contribution in [3.05, 3.63) is 121 Å². The third kappa shape index (κ3) is 3.45. The Labute approximate surface area is 191 Å². The Morgan fingerprint density at radius 2 is 1.12 bits per heavy atom.